The largest absolute Gasteiger partial charge is 0.494 e. The molecule has 2 heteroatoms. The Hall–Kier alpha value is -2.09. The molecule has 20 heavy (non-hydrogen) atoms. The van der Waals surface area contributed by atoms with Crippen LogP contribution in [0.5, 0.6) is 5.75 Å². The van der Waals surface area contributed by atoms with Gasteiger partial charge in [0.2, 0.25) is 0 Å². The molecule has 2 aromatic carbocycles. The molecule has 0 atom stereocenters. The predicted molar refractivity (Wildman–Crippen MR) is 83.3 cm³/mol. The van der Waals surface area contributed by atoms with Crippen LogP contribution >= 0.6 is 0 Å². The van der Waals surface area contributed by atoms with Crippen molar-refractivity contribution in [1.29, 1.82) is 0 Å². The lowest BCUT2D eigenvalue weighted by Crippen LogP contribution is -1.91. The molecule has 0 spiro atoms. The Balaban J connectivity index is 1.76. The number of hydrogen-bond acceptors (Lipinski definition) is 2. The third-order valence-electron chi connectivity index (χ3n) is 3.50. The van der Waals surface area contributed by atoms with Crippen LogP contribution in [0.2, 0.25) is 0 Å². The van der Waals surface area contributed by atoms with Crippen molar-refractivity contribution in [1.82, 2.24) is 0 Å². The minimum Gasteiger partial charge on any atom is -0.494 e. The molecule has 3 rings (SSSR count). The Morgan fingerprint density at radius 1 is 1.10 bits per heavy atom. The van der Waals surface area contributed by atoms with Gasteiger partial charge < -0.3 is 4.74 Å². The molecule has 0 N–H and O–H groups in total. The van der Waals surface area contributed by atoms with E-state index in [4.69, 9.17) is 4.74 Å². The molecular formula is C18H19NO. The number of aliphatic imine (C=N–C) groups is 1. The fraction of sp³-hybridized carbons (Fsp3) is 0.278. The van der Waals surface area contributed by atoms with E-state index in [1.807, 2.05) is 37.4 Å². The van der Waals surface area contributed by atoms with Crippen LogP contribution in [0.25, 0.3) is 0 Å². The number of benzene rings is 2. The minimum absolute atomic E-state index is 0.697. The van der Waals surface area contributed by atoms with E-state index < -0.39 is 0 Å². The zero-order valence-corrected chi connectivity index (χ0v) is 11.8. The molecule has 0 amide bonds. The van der Waals surface area contributed by atoms with Crippen molar-refractivity contribution < 1.29 is 4.74 Å². The van der Waals surface area contributed by atoms with Gasteiger partial charge in [-0.05, 0) is 67.1 Å². The molecule has 0 unspecified atom stereocenters. The topological polar surface area (TPSA) is 21.6 Å². The van der Waals surface area contributed by atoms with Gasteiger partial charge in [0.1, 0.15) is 5.75 Å². The van der Waals surface area contributed by atoms with Crippen LogP contribution in [-0.4, -0.2) is 12.8 Å². The summed E-state index contributed by atoms with van der Waals surface area (Å²) in [6.45, 7) is 2.69. The van der Waals surface area contributed by atoms with Gasteiger partial charge in [-0.15, -0.1) is 0 Å². The van der Waals surface area contributed by atoms with Crippen molar-refractivity contribution >= 4 is 11.9 Å². The Bertz CT molecular complexity index is 597. The van der Waals surface area contributed by atoms with E-state index in [-0.39, 0.29) is 0 Å². The van der Waals surface area contributed by atoms with Crippen molar-refractivity contribution in [2.75, 3.05) is 6.61 Å². The van der Waals surface area contributed by atoms with E-state index in [0.717, 1.165) is 22.9 Å². The quantitative estimate of drug-likeness (QED) is 0.717. The fourth-order valence-corrected chi connectivity index (χ4v) is 2.31. The van der Waals surface area contributed by atoms with Crippen LogP contribution in [0.15, 0.2) is 53.5 Å². The first-order valence-corrected chi connectivity index (χ1v) is 7.22. The van der Waals surface area contributed by atoms with Crippen LogP contribution in [0.3, 0.4) is 0 Å². The van der Waals surface area contributed by atoms with E-state index in [2.05, 4.69) is 29.3 Å². The summed E-state index contributed by atoms with van der Waals surface area (Å²) >= 11 is 0. The molecule has 0 radical (unpaired) electrons. The summed E-state index contributed by atoms with van der Waals surface area (Å²) in [5.74, 6) is 1.63. The van der Waals surface area contributed by atoms with Crippen molar-refractivity contribution in [2.24, 2.45) is 4.99 Å². The Labute approximate surface area is 120 Å². The monoisotopic (exact) mass is 265 g/mol. The molecule has 1 aliphatic rings. The lowest BCUT2D eigenvalue weighted by Gasteiger charge is -2.04. The molecule has 0 bridgehead atoms. The number of hydrogen-bond donors (Lipinski definition) is 0. The van der Waals surface area contributed by atoms with Crippen LogP contribution < -0.4 is 4.74 Å². The van der Waals surface area contributed by atoms with E-state index in [9.17, 15) is 0 Å². The molecule has 102 valence electrons. The fourth-order valence-electron chi connectivity index (χ4n) is 2.31. The van der Waals surface area contributed by atoms with Gasteiger partial charge >= 0.3 is 0 Å². The summed E-state index contributed by atoms with van der Waals surface area (Å²) in [5.41, 5.74) is 3.58. The summed E-state index contributed by atoms with van der Waals surface area (Å²) in [4.78, 5) is 4.65. The normalized spacial score (nSPS) is 14.7. The van der Waals surface area contributed by atoms with Gasteiger partial charge in [0.05, 0.1) is 12.3 Å². The summed E-state index contributed by atoms with van der Waals surface area (Å²) < 4.78 is 5.44. The number of para-hydroxylation sites is 1. The zero-order chi connectivity index (χ0) is 13.8. The Kier molecular flexibility index (Phi) is 3.82. The maximum Gasteiger partial charge on any atom is 0.119 e. The molecule has 1 aliphatic carbocycles. The minimum atomic E-state index is 0.697. The average Bonchev–Trinajstić information content (AvgIpc) is 3.32. The van der Waals surface area contributed by atoms with Crippen molar-refractivity contribution in [2.45, 2.75) is 25.7 Å². The molecule has 0 heterocycles. The van der Waals surface area contributed by atoms with E-state index in [1.54, 1.807) is 0 Å². The molecule has 2 aromatic rings. The SMILES string of the molecule is CCOc1ccc(C=Nc2ccccc2C2CC2)cc1. The van der Waals surface area contributed by atoms with Gasteiger partial charge in [-0.2, -0.15) is 0 Å². The first-order chi connectivity index (χ1) is 9.86. The van der Waals surface area contributed by atoms with Crippen LogP contribution in [0.1, 0.15) is 36.8 Å². The van der Waals surface area contributed by atoms with Gasteiger partial charge in [-0.1, -0.05) is 18.2 Å². The van der Waals surface area contributed by atoms with E-state index in [1.165, 1.54) is 18.4 Å². The second-order valence-electron chi connectivity index (χ2n) is 5.09. The summed E-state index contributed by atoms with van der Waals surface area (Å²) in [7, 11) is 0. The Morgan fingerprint density at radius 2 is 1.85 bits per heavy atom. The average molecular weight is 265 g/mol. The standard InChI is InChI=1S/C18H19NO/c1-2-20-16-11-7-14(8-12-16)13-19-18-6-4-3-5-17(18)15-9-10-15/h3-8,11-13,15H,2,9-10H2,1H3. The highest BCUT2D eigenvalue weighted by molar-refractivity contribution is 5.82. The van der Waals surface area contributed by atoms with Gasteiger partial charge in [-0.25, -0.2) is 0 Å². The van der Waals surface area contributed by atoms with Crippen molar-refractivity contribution in [3.8, 4) is 5.75 Å². The number of nitrogens with zero attached hydrogens (tertiary/aromatic N) is 1. The first-order valence-electron chi connectivity index (χ1n) is 7.22. The van der Waals surface area contributed by atoms with Crippen LogP contribution in [0.4, 0.5) is 5.69 Å². The summed E-state index contributed by atoms with van der Waals surface area (Å²) in [5, 5.41) is 0. The van der Waals surface area contributed by atoms with Crippen LogP contribution in [0, 0.1) is 0 Å². The second kappa shape index (κ2) is 5.91. The summed E-state index contributed by atoms with van der Waals surface area (Å²) in [6.07, 6.45) is 4.53. The smallest absolute Gasteiger partial charge is 0.119 e. The van der Waals surface area contributed by atoms with Gasteiger partial charge in [0.25, 0.3) is 0 Å². The molecule has 1 fully saturated rings. The highest BCUT2D eigenvalue weighted by Gasteiger charge is 2.25. The third kappa shape index (κ3) is 3.08. The van der Waals surface area contributed by atoms with Crippen molar-refractivity contribution in [3.63, 3.8) is 0 Å². The maximum atomic E-state index is 5.44. The molecule has 0 aromatic heterocycles. The molecule has 1 saturated carbocycles. The van der Waals surface area contributed by atoms with Crippen LogP contribution in [-0.2, 0) is 0 Å². The maximum absolute atomic E-state index is 5.44. The molecule has 0 aliphatic heterocycles. The highest BCUT2D eigenvalue weighted by atomic mass is 16.5. The first kappa shape index (κ1) is 12.9. The highest BCUT2D eigenvalue weighted by Crippen LogP contribution is 2.44. The van der Waals surface area contributed by atoms with E-state index >= 15 is 0 Å². The Morgan fingerprint density at radius 3 is 2.55 bits per heavy atom. The van der Waals surface area contributed by atoms with Gasteiger partial charge in [-0.3, -0.25) is 4.99 Å². The number of rotatable bonds is 5. The lowest BCUT2D eigenvalue weighted by molar-refractivity contribution is 0.340. The van der Waals surface area contributed by atoms with Gasteiger partial charge in [0, 0.05) is 6.21 Å². The second-order valence-corrected chi connectivity index (χ2v) is 5.09. The van der Waals surface area contributed by atoms with E-state index in [0.29, 0.717) is 6.61 Å². The predicted octanol–water partition coefficient (Wildman–Crippen LogP) is 4.71. The molecule has 0 saturated heterocycles. The molecule has 2 nitrogen and oxygen atoms in total. The van der Waals surface area contributed by atoms with Crippen molar-refractivity contribution in [3.05, 3.63) is 59.7 Å². The zero-order valence-electron chi connectivity index (χ0n) is 11.8. The third-order valence-corrected chi connectivity index (χ3v) is 3.50. The number of ether oxygens (including phenoxy) is 1. The van der Waals surface area contributed by atoms with Gasteiger partial charge in [0.15, 0.2) is 0 Å². The lowest BCUT2D eigenvalue weighted by atomic mass is 10.1. The summed E-state index contributed by atoms with van der Waals surface area (Å²) in [6, 6.07) is 16.5. The molecular weight excluding hydrogens is 246 g/mol.